The van der Waals surface area contributed by atoms with Crippen LogP contribution in [0.1, 0.15) is 41.3 Å². The van der Waals surface area contributed by atoms with Crippen molar-refractivity contribution >= 4 is 29.7 Å². The summed E-state index contributed by atoms with van der Waals surface area (Å²) in [7, 11) is 0. The number of aryl methyl sites for hydroxylation is 1. The zero-order chi connectivity index (χ0) is 17.3. The molecule has 1 aliphatic heterocycles. The lowest BCUT2D eigenvalue weighted by molar-refractivity contribution is -0.124. The van der Waals surface area contributed by atoms with Crippen LogP contribution in [0.3, 0.4) is 0 Å². The number of piperidine rings is 1. The predicted molar refractivity (Wildman–Crippen MR) is 110 cm³/mol. The van der Waals surface area contributed by atoms with E-state index in [1.807, 2.05) is 6.07 Å². The Balaban J connectivity index is 0.00000196. The van der Waals surface area contributed by atoms with Crippen molar-refractivity contribution < 1.29 is 4.79 Å². The SMILES string of the molecule is Cc1ccsc1C(Cc1ccccc1)NC(=O)C1CC12CCNCC2.Cl. The summed E-state index contributed by atoms with van der Waals surface area (Å²) in [6, 6.07) is 12.7. The van der Waals surface area contributed by atoms with Crippen molar-refractivity contribution in [2.45, 2.75) is 38.6 Å². The lowest BCUT2D eigenvalue weighted by Crippen LogP contribution is -2.35. The molecule has 2 atom stereocenters. The standard InChI is InChI=1S/C21H26N2OS.ClH/c1-15-7-12-25-19(15)18(13-16-5-3-2-4-6-16)23-20(24)17-14-21(17)8-10-22-11-9-21;/h2-7,12,17-18,22H,8-11,13-14H2,1H3,(H,23,24);1H. The number of carbonyl (C=O) groups excluding carboxylic acids is 1. The molecule has 2 heterocycles. The van der Waals surface area contributed by atoms with E-state index in [0.717, 1.165) is 38.8 Å². The number of hydrogen-bond acceptors (Lipinski definition) is 3. The van der Waals surface area contributed by atoms with Crippen LogP contribution < -0.4 is 10.6 Å². The Labute approximate surface area is 166 Å². The molecule has 1 saturated heterocycles. The van der Waals surface area contributed by atoms with E-state index < -0.39 is 0 Å². The van der Waals surface area contributed by atoms with E-state index in [-0.39, 0.29) is 35.7 Å². The van der Waals surface area contributed by atoms with E-state index in [2.05, 4.69) is 53.3 Å². The first-order valence-corrected chi connectivity index (χ1v) is 10.1. The zero-order valence-corrected chi connectivity index (χ0v) is 16.8. The van der Waals surface area contributed by atoms with Gasteiger partial charge in [0.15, 0.2) is 0 Å². The Morgan fingerprint density at radius 2 is 2.00 bits per heavy atom. The van der Waals surface area contributed by atoms with Gasteiger partial charge >= 0.3 is 0 Å². The number of nitrogens with one attached hydrogen (secondary N) is 2. The lowest BCUT2D eigenvalue weighted by Gasteiger charge is -2.24. The fourth-order valence-electron chi connectivity index (χ4n) is 4.27. The molecule has 4 rings (SSSR count). The molecule has 1 spiro atoms. The van der Waals surface area contributed by atoms with Gasteiger partial charge in [-0.15, -0.1) is 23.7 Å². The largest absolute Gasteiger partial charge is 0.348 e. The fraction of sp³-hybridized carbons (Fsp3) is 0.476. The normalized spacial score (nSPS) is 21.7. The molecule has 0 radical (unpaired) electrons. The molecule has 1 amide bonds. The molecular weight excluding hydrogens is 364 g/mol. The van der Waals surface area contributed by atoms with E-state index in [0.29, 0.717) is 0 Å². The summed E-state index contributed by atoms with van der Waals surface area (Å²) in [4.78, 5) is 14.2. The van der Waals surface area contributed by atoms with Crippen LogP contribution in [-0.2, 0) is 11.2 Å². The van der Waals surface area contributed by atoms with Gasteiger partial charge in [-0.25, -0.2) is 0 Å². The van der Waals surface area contributed by atoms with Gasteiger partial charge in [0.1, 0.15) is 0 Å². The van der Waals surface area contributed by atoms with Crippen LogP contribution in [0.15, 0.2) is 41.8 Å². The average Bonchev–Trinajstić information content (AvgIpc) is 3.14. The predicted octanol–water partition coefficient (Wildman–Crippen LogP) is 4.27. The molecule has 2 N–H and O–H groups in total. The molecular formula is C21H27ClN2OS. The molecule has 1 saturated carbocycles. The van der Waals surface area contributed by atoms with E-state index in [1.54, 1.807) is 11.3 Å². The van der Waals surface area contributed by atoms with Crippen molar-refractivity contribution in [1.82, 2.24) is 10.6 Å². The molecule has 0 bridgehead atoms. The maximum absolute atomic E-state index is 13.0. The van der Waals surface area contributed by atoms with Crippen LogP contribution in [0.25, 0.3) is 0 Å². The third-order valence-corrected chi connectivity index (χ3v) is 7.06. The second-order valence-corrected chi connectivity index (χ2v) is 8.54. The Morgan fingerprint density at radius 1 is 1.27 bits per heavy atom. The molecule has 26 heavy (non-hydrogen) atoms. The van der Waals surface area contributed by atoms with Gasteiger partial charge in [-0.05, 0) is 73.7 Å². The summed E-state index contributed by atoms with van der Waals surface area (Å²) >= 11 is 1.75. The van der Waals surface area contributed by atoms with Gasteiger partial charge in [0.05, 0.1) is 6.04 Å². The highest BCUT2D eigenvalue weighted by atomic mass is 35.5. The molecule has 1 aliphatic carbocycles. The minimum atomic E-state index is 0. The van der Waals surface area contributed by atoms with Crippen LogP contribution in [0.4, 0.5) is 0 Å². The van der Waals surface area contributed by atoms with Gasteiger partial charge in [-0.2, -0.15) is 0 Å². The molecule has 5 heteroatoms. The summed E-state index contributed by atoms with van der Waals surface area (Å²) < 4.78 is 0. The number of halogens is 1. The topological polar surface area (TPSA) is 41.1 Å². The first-order chi connectivity index (χ1) is 12.2. The first-order valence-electron chi connectivity index (χ1n) is 9.27. The van der Waals surface area contributed by atoms with Gasteiger partial charge in [-0.1, -0.05) is 30.3 Å². The highest BCUT2D eigenvalue weighted by molar-refractivity contribution is 7.10. The van der Waals surface area contributed by atoms with Gasteiger partial charge < -0.3 is 10.6 Å². The Morgan fingerprint density at radius 3 is 2.65 bits per heavy atom. The smallest absolute Gasteiger partial charge is 0.224 e. The molecule has 2 aromatic rings. The monoisotopic (exact) mass is 390 g/mol. The van der Waals surface area contributed by atoms with Crippen molar-refractivity contribution in [1.29, 1.82) is 0 Å². The quantitative estimate of drug-likeness (QED) is 0.800. The molecule has 140 valence electrons. The molecule has 2 aliphatic rings. The second-order valence-electron chi connectivity index (χ2n) is 7.59. The third kappa shape index (κ3) is 3.98. The number of thiophene rings is 1. The minimum Gasteiger partial charge on any atom is -0.348 e. The van der Waals surface area contributed by atoms with Crippen LogP contribution in [0, 0.1) is 18.3 Å². The van der Waals surface area contributed by atoms with Crippen LogP contribution >= 0.6 is 23.7 Å². The van der Waals surface area contributed by atoms with Gasteiger partial charge in [0.2, 0.25) is 5.91 Å². The highest BCUT2D eigenvalue weighted by Crippen LogP contribution is 2.58. The summed E-state index contributed by atoms with van der Waals surface area (Å²) in [5.41, 5.74) is 2.84. The van der Waals surface area contributed by atoms with Crippen molar-refractivity contribution in [3.8, 4) is 0 Å². The van der Waals surface area contributed by atoms with Gasteiger partial charge in [0.25, 0.3) is 0 Å². The maximum atomic E-state index is 13.0. The number of carbonyl (C=O) groups is 1. The van der Waals surface area contributed by atoms with Crippen LogP contribution in [0.2, 0.25) is 0 Å². The zero-order valence-electron chi connectivity index (χ0n) is 15.2. The van der Waals surface area contributed by atoms with Crippen molar-refractivity contribution in [3.05, 3.63) is 57.8 Å². The van der Waals surface area contributed by atoms with Crippen LogP contribution in [0.5, 0.6) is 0 Å². The molecule has 2 fully saturated rings. The summed E-state index contributed by atoms with van der Waals surface area (Å²) in [6.07, 6.45) is 4.22. The van der Waals surface area contributed by atoms with Crippen molar-refractivity contribution in [2.75, 3.05) is 13.1 Å². The Hall–Kier alpha value is -1.36. The summed E-state index contributed by atoms with van der Waals surface area (Å²) in [5, 5.41) is 8.93. The number of rotatable bonds is 5. The maximum Gasteiger partial charge on any atom is 0.224 e. The lowest BCUT2D eigenvalue weighted by atomic mass is 9.91. The summed E-state index contributed by atoms with van der Waals surface area (Å²) in [6.45, 7) is 4.25. The van der Waals surface area contributed by atoms with Gasteiger partial charge in [-0.3, -0.25) is 4.79 Å². The third-order valence-electron chi connectivity index (χ3n) is 5.92. The molecule has 1 aromatic heterocycles. The van der Waals surface area contributed by atoms with Crippen LogP contribution in [-0.4, -0.2) is 19.0 Å². The minimum absolute atomic E-state index is 0. The molecule has 1 aromatic carbocycles. The highest BCUT2D eigenvalue weighted by Gasteiger charge is 2.57. The van der Waals surface area contributed by atoms with E-state index in [1.165, 1.54) is 16.0 Å². The number of hydrogen-bond donors (Lipinski definition) is 2. The summed E-state index contributed by atoms with van der Waals surface area (Å²) in [5.74, 6) is 0.476. The van der Waals surface area contributed by atoms with Crippen molar-refractivity contribution in [2.24, 2.45) is 11.3 Å². The number of amides is 1. The van der Waals surface area contributed by atoms with Crippen molar-refractivity contribution in [3.63, 3.8) is 0 Å². The van der Waals surface area contributed by atoms with E-state index >= 15 is 0 Å². The first kappa shape index (κ1) is 19.4. The fourth-order valence-corrected chi connectivity index (χ4v) is 5.25. The number of benzene rings is 1. The van der Waals surface area contributed by atoms with E-state index in [4.69, 9.17) is 0 Å². The molecule has 2 unspecified atom stereocenters. The Bertz CT molecular complexity index is 739. The molecule has 3 nitrogen and oxygen atoms in total. The van der Waals surface area contributed by atoms with Gasteiger partial charge in [0, 0.05) is 10.8 Å². The second kappa shape index (κ2) is 8.12. The Kier molecular flexibility index (Phi) is 6.06. The van der Waals surface area contributed by atoms with E-state index in [9.17, 15) is 4.79 Å². The average molecular weight is 391 g/mol.